The summed E-state index contributed by atoms with van der Waals surface area (Å²) >= 11 is 90.9. The minimum Gasteiger partial charge on any atom is -0.0675 e. The molecular formula is C11Br24. The van der Waals surface area contributed by atoms with Crippen LogP contribution in [0.1, 0.15) is 0 Å². The molecule has 0 N–H and O–H groups in total. The van der Waals surface area contributed by atoms with Gasteiger partial charge < -0.3 is 0 Å². The third kappa shape index (κ3) is 8.37. The highest BCUT2D eigenvalue weighted by atomic mass is 80.0. The Kier molecular flexibility index (Phi) is 20.0. The fourth-order valence-corrected chi connectivity index (χ4v) is 23.7. The number of rotatable bonds is 8. The average Bonchev–Trinajstić information content (AvgIpc) is 2.58. The van der Waals surface area contributed by atoms with Gasteiger partial charge in [-0.2, -0.15) is 0 Å². The monoisotopic (exact) mass is 2030 g/mol. The first kappa shape index (κ1) is 46.5. The third-order valence-electron chi connectivity index (χ3n) is 3.87. The largest absolute Gasteiger partial charge is 0.162 e. The van der Waals surface area contributed by atoms with Crippen LogP contribution >= 0.6 is 382 Å². The summed E-state index contributed by atoms with van der Waals surface area (Å²) in [5.74, 6) is 0. The Balaban J connectivity index is 7.15. The van der Waals surface area contributed by atoms with E-state index >= 15 is 0 Å². The van der Waals surface area contributed by atoms with Crippen LogP contribution in [0.15, 0.2) is 0 Å². The second-order valence-electron chi connectivity index (χ2n) is 6.17. The van der Waals surface area contributed by atoms with Crippen molar-refractivity contribution < 1.29 is 0 Å². The SMILES string of the molecule is BrC(Br)(Br)C(Br)(Br)C(Br)(Br)C(Br)(Br)C(Br)(Br)C(Br)(Br)C(Br)(Br)C(Br)(Br)C(Br)(Br)C(Br)(Br)C(Br)(Br)Br. The zero-order valence-corrected chi connectivity index (χ0v) is 52.6. The van der Waals surface area contributed by atoms with E-state index in [0.717, 1.165) is 0 Å². The van der Waals surface area contributed by atoms with Crippen LogP contribution in [0.2, 0.25) is 0 Å². The van der Waals surface area contributed by atoms with Gasteiger partial charge in [-0.05, 0) is 0 Å². The molecule has 0 heterocycles. The van der Waals surface area contributed by atoms with Crippen LogP contribution in [0.3, 0.4) is 0 Å². The van der Waals surface area contributed by atoms with Crippen molar-refractivity contribution in [2.45, 2.75) is 33.4 Å². The molecule has 0 aromatic heterocycles. The Morgan fingerprint density at radius 1 is 0.143 bits per heavy atom. The summed E-state index contributed by atoms with van der Waals surface area (Å²) in [6, 6.07) is 0. The van der Waals surface area contributed by atoms with Gasteiger partial charge >= 0.3 is 0 Å². The molecule has 0 saturated heterocycles. The van der Waals surface area contributed by atoms with Gasteiger partial charge in [-0.25, -0.2) is 0 Å². The highest BCUT2D eigenvalue weighted by Gasteiger charge is 2.80. The summed E-state index contributed by atoms with van der Waals surface area (Å²) in [7, 11) is 0. The second-order valence-corrected chi connectivity index (χ2v) is 50.7. The van der Waals surface area contributed by atoms with Gasteiger partial charge in [-0.3, -0.25) is 0 Å². The van der Waals surface area contributed by atoms with E-state index in [4.69, 9.17) is 0 Å². The van der Waals surface area contributed by atoms with E-state index in [1.807, 2.05) is 0 Å². The normalized spacial score (nSPS) is 17.1. The van der Waals surface area contributed by atoms with Gasteiger partial charge in [0, 0.05) is 0 Å². The first-order valence-electron chi connectivity index (χ1n) is 7.04. The fourth-order valence-electron chi connectivity index (χ4n) is 1.74. The molecule has 0 nitrogen and oxygen atoms in total. The topological polar surface area (TPSA) is 0 Å². The van der Waals surface area contributed by atoms with Gasteiger partial charge in [-0.1, -0.05) is 382 Å². The van der Waals surface area contributed by atoms with E-state index in [-0.39, 0.29) is 0 Å². The predicted molar refractivity (Wildman–Crippen MR) is 244 cm³/mol. The Labute approximate surface area is 405 Å². The van der Waals surface area contributed by atoms with Crippen LogP contribution in [0.5, 0.6) is 0 Å². The fraction of sp³-hybridized carbons (Fsp3) is 1.00. The summed E-state index contributed by atoms with van der Waals surface area (Å²) in [4.78, 5) is 0. The van der Waals surface area contributed by atoms with Gasteiger partial charge in [0.05, 0.1) is 0 Å². The van der Waals surface area contributed by atoms with Crippen LogP contribution < -0.4 is 0 Å². The molecule has 24 heteroatoms. The molecule has 0 unspecified atom stereocenters. The molecule has 0 radical (unpaired) electrons. The van der Waals surface area contributed by atoms with Gasteiger partial charge in [0.1, 0.15) is 29.1 Å². The molecule has 212 valence electrons. The summed E-state index contributed by atoms with van der Waals surface area (Å²) < 4.78 is -11.1. The van der Waals surface area contributed by atoms with Crippen molar-refractivity contribution in [1.29, 1.82) is 0 Å². The van der Waals surface area contributed by atoms with Crippen molar-refractivity contribution in [3.05, 3.63) is 0 Å². The lowest BCUT2D eigenvalue weighted by Gasteiger charge is -2.60. The van der Waals surface area contributed by atoms with Crippen LogP contribution in [0, 0.1) is 0 Å². The molecule has 0 atom stereocenters. The van der Waals surface area contributed by atoms with E-state index in [1.54, 1.807) is 0 Å². The molecule has 0 aliphatic carbocycles. The molecule has 0 aromatic rings. The molecule has 0 aliphatic rings. The summed E-state index contributed by atoms with van der Waals surface area (Å²) in [6.07, 6.45) is 0. The van der Waals surface area contributed by atoms with E-state index in [1.165, 1.54) is 0 Å². The Bertz CT molecular complexity index is 710. The number of alkyl halides is 24. The molecule has 0 aromatic carbocycles. The van der Waals surface area contributed by atoms with Crippen molar-refractivity contribution >= 4 is 382 Å². The molecular weight excluding hydrogens is 2050 g/mol. The molecule has 0 aliphatic heterocycles. The quantitative estimate of drug-likeness (QED) is 0.213. The summed E-state index contributed by atoms with van der Waals surface area (Å²) in [5.41, 5.74) is 0. The van der Waals surface area contributed by atoms with Gasteiger partial charge in [0.15, 0.2) is 4.29 Å². The minimum atomic E-state index is -1.13. The molecule has 0 rings (SSSR count). The standard InChI is InChI=1S/C11Br24/c12-1(13,2(14,15)4(18,19)6(22,23)8(26,27)10(30,31)32)3(16,17)5(20,21)7(24,25)9(28,29)11(33,34)35. The van der Waals surface area contributed by atoms with Crippen LogP contribution in [-0.4, -0.2) is 33.4 Å². The first-order chi connectivity index (χ1) is 14.5. The van der Waals surface area contributed by atoms with E-state index < -0.39 is 33.4 Å². The van der Waals surface area contributed by atoms with Gasteiger partial charge in [0.25, 0.3) is 0 Å². The molecule has 0 saturated carbocycles. The first-order valence-corrected chi connectivity index (χ1v) is 26.1. The predicted octanol–water partition coefficient (Wildman–Crippen LogP) is 18.0. The highest BCUT2D eigenvalue weighted by molar-refractivity contribution is 9.43. The summed E-state index contributed by atoms with van der Waals surface area (Å²) in [6.45, 7) is 0. The van der Waals surface area contributed by atoms with Crippen LogP contribution in [0.25, 0.3) is 0 Å². The third-order valence-corrected chi connectivity index (χ3v) is 52.3. The highest BCUT2D eigenvalue weighted by Crippen LogP contribution is 2.80. The van der Waals surface area contributed by atoms with Crippen molar-refractivity contribution in [2.24, 2.45) is 0 Å². The van der Waals surface area contributed by atoms with E-state index in [0.29, 0.717) is 0 Å². The van der Waals surface area contributed by atoms with Crippen molar-refractivity contribution in [3.63, 3.8) is 0 Å². The van der Waals surface area contributed by atoms with Crippen molar-refractivity contribution in [1.82, 2.24) is 0 Å². The molecule has 0 spiro atoms. The maximum absolute atomic E-state index is 3.91. The lowest BCUT2D eigenvalue weighted by molar-refractivity contribution is 0.559. The molecule has 35 heavy (non-hydrogen) atoms. The van der Waals surface area contributed by atoms with Crippen LogP contribution in [0.4, 0.5) is 0 Å². The molecule has 0 amide bonds. The Morgan fingerprint density at radius 3 is 0.314 bits per heavy atom. The number of hydrogen-bond acceptors (Lipinski definition) is 0. The number of hydrogen-bond donors (Lipinski definition) is 0. The Hall–Kier alpha value is 11.5. The zero-order valence-electron chi connectivity index (χ0n) is 14.6. The lowest BCUT2D eigenvalue weighted by Crippen LogP contribution is -2.71. The minimum absolute atomic E-state index is 0.830. The number of halogens is 24. The second kappa shape index (κ2) is 15.0. The summed E-state index contributed by atoms with van der Waals surface area (Å²) in [5, 5.41) is 0. The molecule has 0 bridgehead atoms. The maximum Gasteiger partial charge on any atom is 0.162 e. The Morgan fingerprint density at radius 2 is 0.229 bits per heavy atom. The van der Waals surface area contributed by atoms with Gasteiger partial charge in [0.2, 0.25) is 0 Å². The van der Waals surface area contributed by atoms with Crippen molar-refractivity contribution in [2.75, 3.05) is 0 Å². The smallest absolute Gasteiger partial charge is 0.0675 e. The van der Waals surface area contributed by atoms with E-state index in [2.05, 4.69) is 382 Å². The lowest BCUT2D eigenvalue weighted by atomic mass is 10.1. The van der Waals surface area contributed by atoms with Gasteiger partial charge in [-0.15, -0.1) is 0 Å². The van der Waals surface area contributed by atoms with E-state index in [9.17, 15) is 0 Å². The maximum atomic E-state index is 3.91. The van der Waals surface area contributed by atoms with Crippen molar-refractivity contribution in [3.8, 4) is 0 Å². The molecule has 0 fully saturated rings. The van der Waals surface area contributed by atoms with Crippen LogP contribution in [-0.2, 0) is 0 Å². The average molecular weight is 2050 g/mol. The zero-order chi connectivity index (χ0) is 29.5.